The maximum Gasteiger partial charge on any atom is 0.262 e. The molecule has 1 amide bonds. The Balaban J connectivity index is 1.40. The van der Waals surface area contributed by atoms with Crippen LogP contribution >= 0.6 is 11.8 Å². The number of rotatable bonds is 9. The zero-order valence-corrected chi connectivity index (χ0v) is 19.0. The lowest BCUT2D eigenvalue weighted by molar-refractivity contribution is -0.118. The summed E-state index contributed by atoms with van der Waals surface area (Å²) in [5, 5.41) is 4.29. The maximum absolute atomic E-state index is 13.1. The van der Waals surface area contributed by atoms with Crippen molar-refractivity contribution in [2.75, 3.05) is 31.9 Å². The second-order valence-corrected chi connectivity index (χ2v) is 9.36. The summed E-state index contributed by atoms with van der Waals surface area (Å²) in [6, 6.07) is 7.46. The van der Waals surface area contributed by atoms with Gasteiger partial charge in [0.1, 0.15) is 0 Å². The van der Waals surface area contributed by atoms with E-state index in [9.17, 15) is 9.59 Å². The smallest absolute Gasteiger partial charge is 0.262 e. The number of carbonyl (C=O) groups excluding carboxylic acids is 1. The third-order valence-electron chi connectivity index (χ3n) is 6.15. The fraction of sp³-hybridized carbons (Fsp3) is 0.542. The Morgan fingerprint density at radius 3 is 2.74 bits per heavy atom. The van der Waals surface area contributed by atoms with E-state index in [1.54, 1.807) is 4.57 Å². The van der Waals surface area contributed by atoms with Crippen LogP contribution < -0.4 is 10.9 Å². The van der Waals surface area contributed by atoms with E-state index in [-0.39, 0.29) is 17.2 Å². The topological polar surface area (TPSA) is 67.2 Å². The van der Waals surface area contributed by atoms with E-state index >= 15 is 0 Å². The van der Waals surface area contributed by atoms with E-state index in [4.69, 9.17) is 4.98 Å². The maximum atomic E-state index is 13.1. The molecule has 0 saturated carbocycles. The predicted molar refractivity (Wildman–Crippen MR) is 127 cm³/mol. The first kappa shape index (κ1) is 22.1. The van der Waals surface area contributed by atoms with Crippen molar-refractivity contribution in [2.24, 2.45) is 0 Å². The number of nitrogens with one attached hydrogen (secondary N) is 1. The monoisotopic (exact) mass is 440 g/mol. The molecule has 2 aliphatic rings. The average molecular weight is 441 g/mol. The van der Waals surface area contributed by atoms with Crippen LogP contribution in [0, 0.1) is 0 Å². The van der Waals surface area contributed by atoms with Crippen LogP contribution in [-0.2, 0) is 11.3 Å². The minimum atomic E-state index is -0.0167. The summed E-state index contributed by atoms with van der Waals surface area (Å²) in [5.74, 6) is 0.267. The van der Waals surface area contributed by atoms with Crippen molar-refractivity contribution in [3.63, 3.8) is 0 Å². The van der Waals surface area contributed by atoms with E-state index in [1.807, 2.05) is 24.3 Å². The molecular weight excluding hydrogens is 408 g/mol. The second-order valence-electron chi connectivity index (χ2n) is 8.41. The van der Waals surface area contributed by atoms with Gasteiger partial charge < -0.3 is 10.2 Å². The Morgan fingerprint density at radius 1 is 1.10 bits per heavy atom. The standard InChI is InChI=1S/C24H32N4O2S/c29-22(25-13-12-19-8-2-1-3-9-19)18-31-24-26-21-11-5-4-10-20(21)23(30)28(24)17-16-27-14-6-7-15-27/h4-5,8,10-11H,1-3,6-7,9,12-18H2,(H,25,29). The molecule has 2 heterocycles. The SMILES string of the molecule is O=C(CSc1nc2ccccc2c(=O)n1CCN1CCCC1)NCCC1=CCCCC1. The zero-order chi connectivity index (χ0) is 21.5. The highest BCUT2D eigenvalue weighted by Crippen LogP contribution is 2.20. The highest BCUT2D eigenvalue weighted by molar-refractivity contribution is 7.99. The number of carbonyl (C=O) groups is 1. The van der Waals surface area contributed by atoms with Crippen molar-refractivity contribution in [1.29, 1.82) is 0 Å². The van der Waals surface area contributed by atoms with Crippen molar-refractivity contribution in [3.8, 4) is 0 Å². The van der Waals surface area contributed by atoms with Crippen LogP contribution in [0.1, 0.15) is 44.9 Å². The van der Waals surface area contributed by atoms with Crippen LogP contribution in [0.5, 0.6) is 0 Å². The first-order valence-corrected chi connectivity index (χ1v) is 12.5. The van der Waals surface area contributed by atoms with E-state index in [1.165, 1.54) is 49.4 Å². The van der Waals surface area contributed by atoms with Crippen molar-refractivity contribution in [3.05, 3.63) is 46.3 Å². The van der Waals surface area contributed by atoms with Gasteiger partial charge in [0.25, 0.3) is 5.56 Å². The van der Waals surface area contributed by atoms with Crippen molar-refractivity contribution < 1.29 is 4.79 Å². The van der Waals surface area contributed by atoms with Gasteiger partial charge in [0.2, 0.25) is 5.91 Å². The highest BCUT2D eigenvalue weighted by Gasteiger charge is 2.16. The molecule has 0 bridgehead atoms. The molecule has 1 aliphatic heterocycles. The lowest BCUT2D eigenvalue weighted by Gasteiger charge is -2.18. The lowest BCUT2D eigenvalue weighted by atomic mass is 9.97. The molecule has 1 saturated heterocycles. The van der Waals surface area contributed by atoms with Crippen molar-refractivity contribution >= 4 is 28.6 Å². The molecular formula is C24H32N4O2S. The molecule has 1 aromatic heterocycles. The third-order valence-corrected chi connectivity index (χ3v) is 7.13. The Bertz CT molecular complexity index is 995. The molecule has 1 aliphatic carbocycles. The molecule has 1 fully saturated rings. The van der Waals surface area contributed by atoms with Gasteiger partial charge in [0.05, 0.1) is 16.7 Å². The van der Waals surface area contributed by atoms with Crippen LogP contribution in [0.2, 0.25) is 0 Å². The Morgan fingerprint density at radius 2 is 1.94 bits per heavy atom. The number of hydrogen-bond donors (Lipinski definition) is 1. The number of nitrogens with zero attached hydrogens (tertiary/aromatic N) is 3. The van der Waals surface area contributed by atoms with Gasteiger partial charge in [-0.3, -0.25) is 14.2 Å². The lowest BCUT2D eigenvalue weighted by Crippen LogP contribution is -2.31. The summed E-state index contributed by atoms with van der Waals surface area (Å²) < 4.78 is 1.76. The molecule has 4 rings (SSSR count). The van der Waals surface area contributed by atoms with Gasteiger partial charge in [-0.2, -0.15) is 0 Å². The number of fused-ring (bicyclic) bond motifs is 1. The number of thioether (sulfide) groups is 1. The predicted octanol–water partition coefficient (Wildman–Crippen LogP) is 3.59. The summed E-state index contributed by atoms with van der Waals surface area (Å²) in [7, 11) is 0. The fourth-order valence-corrected chi connectivity index (χ4v) is 5.23. The van der Waals surface area contributed by atoms with Gasteiger partial charge >= 0.3 is 0 Å². The van der Waals surface area contributed by atoms with Crippen LogP contribution in [0.15, 0.2) is 45.9 Å². The quantitative estimate of drug-likeness (QED) is 0.367. The molecule has 0 radical (unpaired) electrons. The summed E-state index contributed by atoms with van der Waals surface area (Å²) in [5.41, 5.74) is 2.14. The summed E-state index contributed by atoms with van der Waals surface area (Å²) >= 11 is 1.36. The Labute approximate surface area is 188 Å². The van der Waals surface area contributed by atoms with Crippen molar-refractivity contribution in [1.82, 2.24) is 19.8 Å². The van der Waals surface area contributed by atoms with Crippen LogP contribution in [0.3, 0.4) is 0 Å². The molecule has 31 heavy (non-hydrogen) atoms. The van der Waals surface area contributed by atoms with Gasteiger partial charge in [-0.15, -0.1) is 0 Å². The highest BCUT2D eigenvalue weighted by atomic mass is 32.2. The molecule has 1 aromatic carbocycles. The minimum absolute atomic E-state index is 0.00471. The zero-order valence-electron chi connectivity index (χ0n) is 18.1. The number of allylic oxidation sites excluding steroid dienone is 1. The molecule has 0 spiro atoms. The fourth-order valence-electron chi connectivity index (χ4n) is 4.38. The molecule has 166 valence electrons. The summed E-state index contributed by atoms with van der Waals surface area (Å²) in [6.45, 7) is 4.32. The van der Waals surface area contributed by atoms with Gasteiger partial charge in [-0.1, -0.05) is 35.5 Å². The first-order valence-electron chi connectivity index (χ1n) is 11.5. The first-order chi connectivity index (χ1) is 15.2. The Kier molecular flexibility index (Phi) is 7.81. The number of benzene rings is 1. The summed E-state index contributed by atoms with van der Waals surface area (Å²) in [6.07, 6.45) is 10.6. The van der Waals surface area contributed by atoms with E-state index < -0.39 is 0 Å². The van der Waals surface area contributed by atoms with Crippen molar-refractivity contribution in [2.45, 2.75) is 56.6 Å². The number of likely N-dealkylation sites (tertiary alicyclic amines) is 1. The number of para-hydroxylation sites is 1. The van der Waals surface area contributed by atoms with E-state index in [2.05, 4.69) is 16.3 Å². The molecule has 7 heteroatoms. The van der Waals surface area contributed by atoms with Gasteiger partial charge in [-0.05, 0) is 70.2 Å². The van der Waals surface area contributed by atoms with Gasteiger partial charge in [0, 0.05) is 19.6 Å². The minimum Gasteiger partial charge on any atom is -0.355 e. The molecule has 0 unspecified atom stereocenters. The van der Waals surface area contributed by atoms with Gasteiger partial charge in [0.15, 0.2) is 5.16 Å². The number of hydrogen-bond acceptors (Lipinski definition) is 5. The molecule has 6 nitrogen and oxygen atoms in total. The molecule has 0 atom stereocenters. The van der Waals surface area contributed by atoms with Crippen LogP contribution in [0.4, 0.5) is 0 Å². The molecule has 1 N–H and O–H groups in total. The largest absolute Gasteiger partial charge is 0.355 e. The van der Waals surface area contributed by atoms with E-state index in [0.717, 1.165) is 32.5 Å². The molecule has 2 aromatic rings. The number of amides is 1. The third kappa shape index (κ3) is 5.98. The summed E-state index contributed by atoms with van der Waals surface area (Å²) in [4.78, 5) is 32.7. The average Bonchev–Trinajstić information content (AvgIpc) is 3.32. The normalized spacial score (nSPS) is 17.1. The van der Waals surface area contributed by atoms with Gasteiger partial charge in [-0.25, -0.2) is 4.98 Å². The Hall–Kier alpha value is -2.12. The number of aromatic nitrogens is 2. The second kappa shape index (κ2) is 11.0. The van der Waals surface area contributed by atoms with Crippen LogP contribution in [0.25, 0.3) is 10.9 Å². The van der Waals surface area contributed by atoms with Crippen LogP contribution in [-0.4, -0.2) is 52.3 Å². The van der Waals surface area contributed by atoms with E-state index in [0.29, 0.717) is 29.1 Å².